The Kier molecular flexibility index (Phi) is 4.88. The molecule has 2 N–H and O–H groups in total. The number of hydrogen-bond donors (Lipinski definition) is 2. The number of carbonyl (C=O) groups is 1. The van der Waals surface area contributed by atoms with Crippen molar-refractivity contribution in [3.05, 3.63) is 44.9 Å². The minimum absolute atomic E-state index is 0.103. The molecular formula is C13H16N4O4S. The lowest BCUT2D eigenvalue weighted by Crippen LogP contribution is -2.38. The van der Waals surface area contributed by atoms with Crippen LogP contribution in [0, 0.1) is 10.1 Å². The van der Waals surface area contributed by atoms with Crippen molar-refractivity contribution < 1.29 is 14.8 Å². The van der Waals surface area contributed by atoms with Crippen LogP contribution in [0.3, 0.4) is 0 Å². The molecule has 0 saturated heterocycles. The van der Waals surface area contributed by atoms with E-state index in [9.17, 15) is 20.0 Å². The number of thiophene rings is 1. The van der Waals surface area contributed by atoms with Crippen LogP contribution in [-0.4, -0.2) is 32.3 Å². The molecule has 0 spiro atoms. The van der Waals surface area contributed by atoms with Crippen molar-refractivity contribution in [2.45, 2.75) is 25.5 Å². The van der Waals surface area contributed by atoms with Crippen LogP contribution >= 0.6 is 11.3 Å². The lowest BCUT2D eigenvalue weighted by molar-refractivity contribution is -0.385. The molecule has 118 valence electrons. The third-order valence-electron chi connectivity index (χ3n) is 3.08. The number of rotatable bonds is 7. The molecule has 0 bridgehead atoms. The van der Waals surface area contributed by atoms with E-state index >= 15 is 0 Å². The van der Waals surface area contributed by atoms with Gasteiger partial charge in [-0.2, -0.15) is 5.10 Å². The Bertz CT molecular complexity index is 651. The second kappa shape index (κ2) is 6.67. The Hall–Kier alpha value is -2.26. The van der Waals surface area contributed by atoms with Crippen molar-refractivity contribution in [1.82, 2.24) is 15.1 Å². The van der Waals surface area contributed by atoms with Crippen LogP contribution in [0.15, 0.2) is 29.9 Å². The number of nitro groups is 1. The van der Waals surface area contributed by atoms with Crippen molar-refractivity contribution in [1.29, 1.82) is 0 Å². The van der Waals surface area contributed by atoms with Crippen LogP contribution in [0.1, 0.15) is 18.2 Å². The number of aliphatic hydroxyl groups is 1. The summed E-state index contributed by atoms with van der Waals surface area (Å²) in [5.41, 5.74) is -1.23. The molecule has 2 aromatic heterocycles. The summed E-state index contributed by atoms with van der Waals surface area (Å²) >= 11 is 1.42. The quantitative estimate of drug-likeness (QED) is 0.588. The fourth-order valence-electron chi connectivity index (χ4n) is 1.82. The molecule has 2 aromatic rings. The van der Waals surface area contributed by atoms with Crippen molar-refractivity contribution in [2.24, 2.45) is 0 Å². The fraction of sp³-hybridized carbons (Fsp3) is 0.385. The fourth-order valence-corrected chi connectivity index (χ4v) is 2.60. The van der Waals surface area contributed by atoms with Crippen molar-refractivity contribution >= 4 is 22.9 Å². The number of hydrogen-bond acceptors (Lipinski definition) is 6. The third-order valence-corrected chi connectivity index (χ3v) is 4.20. The van der Waals surface area contributed by atoms with Gasteiger partial charge >= 0.3 is 5.69 Å². The number of amides is 1. The predicted molar refractivity (Wildman–Crippen MR) is 80.4 cm³/mol. The summed E-state index contributed by atoms with van der Waals surface area (Å²) in [5.74, 6) is -0.255. The second-order valence-corrected chi connectivity index (χ2v) is 5.94. The molecule has 1 unspecified atom stereocenters. The highest BCUT2D eigenvalue weighted by Crippen LogP contribution is 2.24. The van der Waals surface area contributed by atoms with Crippen LogP contribution in [0.2, 0.25) is 0 Å². The third kappa shape index (κ3) is 4.12. The van der Waals surface area contributed by atoms with E-state index in [1.165, 1.54) is 22.2 Å². The first kappa shape index (κ1) is 16.1. The molecule has 8 nitrogen and oxygen atoms in total. The molecule has 1 amide bonds. The largest absolute Gasteiger partial charge is 0.383 e. The standard InChI is InChI=1S/C13H16N4O4S/c1-13(19,11-3-2-6-22-11)9-14-12(18)4-5-16-8-10(7-15-16)17(20)21/h2-3,6-8,19H,4-5,9H2,1H3,(H,14,18). The Labute approximate surface area is 130 Å². The molecule has 0 saturated carbocycles. The van der Waals surface area contributed by atoms with Crippen LogP contribution in [0.25, 0.3) is 0 Å². The summed E-state index contributed by atoms with van der Waals surface area (Å²) < 4.78 is 1.34. The van der Waals surface area contributed by atoms with Crippen molar-refractivity contribution in [3.63, 3.8) is 0 Å². The number of nitrogens with one attached hydrogen (secondary N) is 1. The Morgan fingerprint density at radius 3 is 3.00 bits per heavy atom. The van der Waals surface area contributed by atoms with Gasteiger partial charge in [-0.05, 0) is 18.4 Å². The maximum atomic E-state index is 11.8. The highest BCUT2D eigenvalue weighted by atomic mass is 32.1. The lowest BCUT2D eigenvalue weighted by Gasteiger charge is -2.22. The number of nitrogens with zero attached hydrogens (tertiary/aromatic N) is 3. The average molecular weight is 324 g/mol. The smallest absolute Gasteiger partial charge is 0.306 e. The van der Waals surface area contributed by atoms with Crippen LogP contribution in [0.4, 0.5) is 5.69 Å². The molecule has 2 heterocycles. The van der Waals surface area contributed by atoms with Gasteiger partial charge in [0.05, 0.1) is 11.5 Å². The second-order valence-electron chi connectivity index (χ2n) is 5.00. The Balaban J connectivity index is 1.79. The molecule has 0 fully saturated rings. The predicted octanol–water partition coefficient (Wildman–Crippen LogP) is 1.27. The normalized spacial score (nSPS) is 13.5. The zero-order valence-electron chi connectivity index (χ0n) is 11.9. The first-order chi connectivity index (χ1) is 10.4. The summed E-state index contributed by atoms with van der Waals surface area (Å²) in [5, 5.41) is 29.1. The van der Waals surface area contributed by atoms with Gasteiger partial charge in [0.25, 0.3) is 0 Å². The summed E-state index contributed by atoms with van der Waals surface area (Å²) in [6.07, 6.45) is 2.54. The summed E-state index contributed by atoms with van der Waals surface area (Å²) in [6, 6.07) is 3.64. The van der Waals surface area contributed by atoms with Crippen LogP contribution in [-0.2, 0) is 16.9 Å². The first-order valence-electron chi connectivity index (χ1n) is 6.58. The SMILES string of the molecule is CC(O)(CNC(=O)CCn1cc([N+](=O)[O-])cn1)c1cccs1. The van der Waals surface area contributed by atoms with Gasteiger partial charge in [-0.25, -0.2) is 0 Å². The minimum Gasteiger partial charge on any atom is -0.383 e. The number of carbonyl (C=O) groups excluding carboxylic acids is 1. The molecule has 9 heteroatoms. The molecule has 22 heavy (non-hydrogen) atoms. The number of aromatic nitrogens is 2. The molecule has 0 aromatic carbocycles. The summed E-state index contributed by atoms with van der Waals surface area (Å²) in [4.78, 5) is 22.5. The highest BCUT2D eigenvalue weighted by Gasteiger charge is 2.24. The molecule has 0 aliphatic heterocycles. The van der Waals surface area contributed by atoms with Gasteiger partial charge in [0.1, 0.15) is 18.0 Å². The lowest BCUT2D eigenvalue weighted by atomic mass is 10.1. The molecule has 2 rings (SSSR count). The molecule has 1 atom stereocenters. The number of aryl methyl sites for hydroxylation is 1. The van der Waals surface area contributed by atoms with E-state index in [0.717, 1.165) is 11.1 Å². The topological polar surface area (TPSA) is 110 Å². The molecule has 0 aliphatic carbocycles. The van der Waals surface area contributed by atoms with Gasteiger partial charge < -0.3 is 10.4 Å². The monoisotopic (exact) mass is 324 g/mol. The Morgan fingerprint density at radius 1 is 1.64 bits per heavy atom. The van der Waals surface area contributed by atoms with Gasteiger partial charge in [0, 0.05) is 17.8 Å². The van der Waals surface area contributed by atoms with Gasteiger partial charge in [0.15, 0.2) is 0 Å². The van der Waals surface area contributed by atoms with Crippen LogP contribution < -0.4 is 5.32 Å². The zero-order valence-corrected chi connectivity index (χ0v) is 12.7. The van der Waals surface area contributed by atoms with Gasteiger partial charge in [-0.3, -0.25) is 19.6 Å². The Morgan fingerprint density at radius 2 is 2.41 bits per heavy atom. The van der Waals surface area contributed by atoms with E-state index in [2.05, 4.69) is 10.4 Å². The average Bonchev–Trinajstić information content (AvgIpc) is 3.13. The van der Waals surface area contributed by atoms with E-state index in [1.807, 2.05) is 11.4 Å². The maximum absolute atomic E-state index is 11.8. The van der Waals surface area contributed by atoms with E-state index in [4.69, 9.17) is 0 Å². The zero-order chi connectivity index (χ0) is 16.2. The van der Waals surface area contributed by atoms with E-state index < -0.39 is 10.5 Å². The molecule has 0 radical (unpaired) electrons. The molecular weight excluding hydrogens is 308 g/mol. The van der Waals surface area contributed by atoms with E-state index in [1.54, 1.807) is 13.0 Å². The summed E-state index contributed by atoms with van der Waals surface area (Å²) in [7, 11) is 0. The van der Waals surface area contributed by atoms with Crippen molar-refractivity contribution in [2.75, 3.05) is 6.54 Å². The maximum Gasteiger partial charge on any atom is 0.306 e. The van der Waals surface area contributed by atoms with Gasteiger partial charge in [-0.1, -0.05) is 6.07 Å². The minimum atomic E-state index is -1.12. The van der Waals surface area contributed by atoms with E-state index in [-0.39, 0.29) is 31.1 Å². The summed E-state index contributed by atoms with van der Waals surface area (Å²) in [6.45, 7) is 1.97. The van der Waals surface area contributed by atoms with E-state index in [0.29, 0.717) is 0 Å². The van der Waals surface area contributed by atoms with Gasteiger partial charge in [0.2, 0.25) is 5.91 Å². The van der Waals surface area contributed by atoms with Gasteiger partial charge in [-0.15, -0.1) is 11.3 Å². The van der Waals surface area contributed by atoms with Crippen LogP contribution in [0.5, 0.6) is 0 Å². The molecule has 0 aliphatic rings. The highest BCUT2D eigenvalue weighted by molar-refractivity contribution is 7.10. The first-order valence-corrected chi connectivity index (χ1v) is 7.46. The van der Waals surface area contributed by atoms with Crippen molar-refractivity contribution in [3.8, 4) is 0 Å².